The van der Waals surface area contributed by atoms with E-state index in [-0.39, 0.29) is 19.2 Å². The minimum Gasteiger partial charge on any atom is -0.359 e. The van der Waals surface area contributed by atoms with Crippen molar-refractivity contribution in [3.63, 3.8) is 0 Å². The van der Waals surface area contributed by atoms with Crippen molar-refractivity contribution in [2.45, 2.75) is 17.0 Å². The van der Waals surface area contributed by atoms with E-state index in [1.54, 1.807) is 6.08 Å². The van der Waals surface area contributed by atoms with Gasteiger partial charge in [0.1, 0.15) is 5.60 Å². The molecule has 0 bridgehead atoms. The Morgan fingerprint density at radius 1 is 0.842 bits per heavy atom. The first-order chi connectivity index (χ1) is 18.6. The van der Waals surface area contributed by atoms with Crippen LogP contribution in [0, 0.1) is 11.3 Å². The Morgan fingerprint density at radius 2 is 1.32 bits per heavy atom. The molecule has 5 heteroatoms. The maximum absolute atomic E-state index is 9.65. The van der Waals surface area contributed by atoms with Gasteiger partial charge in [0.05, 0.1) is 30.6 Å². The molecular formula is C33H30BrClN2O. The molecule has 0 amide bonds. The normalized spacial score (nSPS) is 13.0. The van der Waals surface area contributed by atoms with Gasteiger partial charge >= 0.3 is 0 Å². The molecule has 0 radical (unpaired) electrons. The predicted octanol–water partition coefficient (Wildman–Crippen LogP) is 8.12. The Morgan fingerprint density at radius 3 is 1.74 bits per heavy atom. The zero-order chi connectivity index (χ0) is 26.8. The molecule has 2 unspecified atom stereocenters. The van der Waals surface area contributed by atoms with E-state index in [2.05, 4.69) is 65.0 Å². The van der Waals surface area contributed by atoms with E-state index < -0.39 is 11.0 Å². The number of halogens is 2. The summed E-state index contributed by atoms with van der Waals surface area (Å²) in [6, 6.07) is 40.7. The Kier molecular flexibility index (Phi) is 9.92. The van der Waals surface area contributed by atoms with Crippen LogP contribution >= 0.6 is 27.5 Å². The summed E-state index contributed by atoms with van der Waals surface area (Å²) >= 11 is 10.7. The van der Waals surface area contributed by atoms with Crippen molar-refractivity contribution in [2.75, 3.05) is 19.7 Å². The van der Waals surface area contributed by atoms with Crippen molar-refractivity contribution in [1.29, 1.82) is 5.26 Å². The number of hydrogen-bond donors (Lipinski definition) is 0. The van der Waals surface area contributed by atoms with Gasteiger partial charge in [-0.25, -0.2) is 0 Å². The highest BCUT2D eigenvalue weighted by Gasteiger charge is 2.39. The molecule has 38 heavy (non-hydrogen) atoms. The molecular weight excluding hydrogens is 556 g/mol. The summed E-state index contributed by atoms with van der Waals surface area (Å²) in [6.45, 7) is 4.91. The summed E-state index contributed by atoms with van der Waals surface area (Å²) in [5.41, 5.74) is 3.12. The summed E-state index contributed by atoms with van der Waals surface area (Å²) in [7, 11) is 0. The molecule has 0 fully saturated rings. The molecule has 0 aliphatic heterocycles. The molecule has 0 spiro atoms. The van der Waals surface area contributed by atoms with Crippen LogP contribution < -0.4 is 0 Å². The Balaban J connectivity index is 1.83. The predicted molar refractivity (Wildman–Crippen MR) is 159 cm³/mol. The molecule has 0 saturated carbocycles. The van der Waals surface area contributed by atoms with Crippen LogP contribution in [0.3, 0.4) is 0 Å². The first kappa shape index (κ1) is 27.8. The van der Waals surface area contributed by atoms with E-state index in [0.29, 0.717) is 6.54 Å². The van der Waals surface area contributed by atoms with Gasteiger partial charge in [-0.05, 0) is 34.4 Å². The van der Waals surface area contributed by atoms with Gasteiger partial charge in [-0.3, -0.25) is 4.90 Å². The number of rotatable bonds is 12. The maximum Gasteiger partial charge on any atom is 0.143 e. The first-order valence-corrected chi connectivity index (χ1v) is 13.7. The summed E-state index contributed by atoms with van der Waals surface area (Å²) in [5.74, 6) is 0. The molecule has 192 valence electrons. The van der Waals surface area contributed by atoms with Gasteiger partial charge in [-0.15, -0.1) is 18.2 Å². The fourth-order valence-electron chi connectivity index (χ4n) is 4.80. The van der Waals surface area contributed by atoms with E-state index in [1.165, 1.54) is 0 Å². The van der Waals surface area contributed by atoms with Crippen molar-refractivity contribution < 1.29 is 4.74 Å². The smallest absolute Gasteiger partial charge is 0.143 e. The Hall–Kier alpha value is -3.20. The van der Waals surface area contributed by atoms with Crippen LogP contribution in [0.4, 0.5) is 0 Å². The molecule has 3 nitrogen and oxygen atoms in total. The van der Waals surface area contributed by atoms with Crippen LogP contribution in [0.2, 0.25) is 0 Å². The van der Waals surface area contributed by atoms with Crippen molar-refractivity contribution in [3.05, 3.63) is 155 Å². The van der Waals surface area contributed by atoms with E-state index >= 15 is 0 Å². The molecule has 2 atom stereocenters. The van der Waals surface area contributed by atoms with Crippen molar-refractivity contribution in [1.82, 2.24) is 4.90 Å². The Bertz CT molecular complexity index is 1230. The van der Waals surface area contributed by atoms with Gasteiger partial charge in [-0.2, -0.15) is 5.26 Å². The van der Waals surface area contributed by atoms with Crippen LogP contribution in [0.1, 0.15) is 27.6 Å². The van der Waals surface area contributed by atoms with Gasteiger partial charge in [0, 0.05) is 11.0 Å². The van der Waals surface area contributed by atoms with Crippen molar-refractivity contribution >= 4 is 27.5 Å². The maximum atomic E-state index is 9.65. The summed E-state index contributed by atoms with van der Waals surface area (Å²) < 4.78 is 8.09. The second-order valence-electron chi connectivity index (χ2n) is 8.99. The molecule has 4 rings (SSSR count). The van der Waals surface area contributed by atoms with E-state index in [1.807, 2.05) is 83.8 Å². The molecule has 0 aliphatic carbocycles. The standard InChI is InChI=1S/C33H30BrClN2O/c1-2-23-37(24-22-36)31(32(35)26-18-20-30(34)21-19-26)25-38-33(27-12-6-3-7-13-27,28-14-8-4-9-15-28)29-16-10-5-11-17-29/h2-21,31-32H,1,23-25H2. The van der Waals surface area contributed by atoms with E-state index in [9.17, 15) is 5.26 Å². The van der Waals surface area contributed by atoms with Gasteiger partial charge in [0.2, 0.25) is 0 Å². The zero-order valence-electron chi connectivity index (χ0n) is 21.1. The number of nitriles is 1. The quantitative estimate of drug-likeness (QED) is 0.0729. The van der Waals surface area contributed by atoms with Gasteiger partial charge in [0.15, 0.2) is 0 Å². The third-order valence-electron chi connectivity index (χ3n) is 6.64. The summed E-state index contributed by atoms with van der Waals surface area (Å²) in [5, 5.41) is 9.23. The SMILES string of the molecule is C=CCN(CC#N)C(COC(c1ccccc1)(c1ccccc1)c1ccccc1)C(Cl)c1ccc(Br)cc1. The molecule has 0 saturated heterocycles. The third kappa shape index (κ3) is 6.26. The highest BCUT2D eigenvalue weighted by atomic mass is 79.9. The van der Waals surface area contributed by atoms with Crippen LogP contribution in [0.5, 0.6) is 0 Å². The lowest BCUT2D eigenvalue weighted by Gasteiger charge is -2.40. The average Bonchev–Trinajstić information content (AvgIpc) is 2.97. The Labute approximate surface area is 239 Å². The lowest BCUT2D eigenvalue weighted by atomic mass is 9.80. The molecule has 0 N–H and O–H groups in total. The fraction of sp³-hybridized carbons (Fsp3) is 0.182. The van der Waals surface area contributed by atoms with Crippen molar-refractivity contribution in [2.24, 2.45) is 0 Å². The molecule has 4 aromatic carbocycles. The van der Waals surface area contributed by atoms with Crippen LogP contribution in [0.25, 0.3) is 0 Å². The van der Waals surface area contributed by atoms with Gasteiger partial charge in [0.25, 0.3) is 0 Å². The van der Waals surface area contributed by atoms with Crippen molar-refractivity contribution in [3.8, 4) is 6.07 Å². The van der Waals surface area contributed by atoms with Crippen LogP contribution in [0.15, 0.2) is 132 Å². The average molecular weight is 586 g/mol. The zero-order valence-corrected chi connectivity index (χ0v) is 23.4. The molecule has 0 heterocycles. The highest BCUT2D eigenvalue weighted by molar-refractivity contribution is 9.10. The third-order valence-corrected chi connectivity index (χ3v) is 7.72. The molecule has 0 aliphatic rings. The number of ether oxygens (including phenoxy) is 1. The second kappa shape index (κ2) is 13.6. The summed E-state index contributed by atoms with van der Waals surface area (Å²) in [4.78, 5) is 2.03. The molecule has 0 aromatic heterocycles. The topological polar surface area (TPSA) is 36.3 Å². The first-order valence-electron chi connectivity index (χ1n) is 12.5. The van der Waals surface area contributed by atoms with E-state index in [4.69, 9.17) is 16.3 Å². The molecule has 4 aromatic rings. The monoisotopic (exact) mass is 584 g/mol. The number of benzene rings is 4. The highest BCUT2D eigenvalue weighted by Crippen LogP contribution is 2.41. The van der Waals surface area contributed by atoms with Crippen LogP contribution in [-0.2, 0) is 10.3 Å². The lowest BCUT2D eigenvalue weighted by molar-refractivity contribution is -0.0206. The number of nitrogens with zero attached hydrogens (tertiary/aromatic N) is 2. The van der Waals surface area contributed by atoms with Gasteiger partial charge < -0.3 is 4.74 Å². The second-order valence-corrected chi connectivity index (χ2v) is 10.4. The number of hydrogen-bond acceptors (Lipinski definition) is 3. The van der Waals surface area contributed by atoms with Crippen LogP contribution in [-0.4, -0.2) is 30.6 Å². The minimum absolute atomic E-state index is 0.203. The van der Waals surface area contributed by atoms with E-state index in [0.717, 1.165) is 26.7 Å². The fourth-order valence-corrected chi connectivity index (χ4v) is 5.44. The summed E-state index contributed by atoms with van der Waals surface area (Å²) in [6.07, 6.45) is 1.80. The largest absolute Gasteiger partial charge is 0.359 e. The van der Waals surface area contributed by atoms with Gasteiger partial charge in [-0.1, -0.05) is 125 Å². The lowest BCUT2D eigenvalue weighted by Crippen LogP contribution is -2.45. The minimum atomic E-state index is -0.884. The number of alkyl halides is 1.